The first kappa shape index (κ1) is 12.8. The molecular weight excluding hydrogens is 272 g/mol. The van der Waals surface area contributed by atoms with Crippen LogP contribution in [0.25, 0.3) is 33.5 Å². The van der Waals surface area contributed by atoms with E-state index >= 15 is 0 Å². The Morgan fingerprint density at radius 3 is 2.55 bits per heavy atom. The van der Waals surface area contributed by atoms with Crippen LogP contribution in [-0.2, 0) is 0 Å². The number of oxazole rings is 1. The minimum Gasteiger partial charge on any atom is -0.441 e. The molecule has 0 spiro atoms. The number of hydrogen-bond donors (Lipinski definition) is 0. The van der Waals surface area contributed by atoms with Crippen molar-refractivity contribution in [2.75, 3.05) is 0 Å². The Kier molecular flexibility index (Phi) is 2.97. The molecule has 4 rings (SSSR count). The molecule has 22 heavy (non-hydrogen) atoms. The zero-order chi connectivity index (χ0) is 14.9. The highest BCUT2D eigenvalue weighted by Gasteiger charge is 2.07. The van der Waals surface area contributed by atoms with E-state index in [0.717, 1.165) is 27.9 Å². The van der Waals surface area contributed by atoms with Crippen LogP contribution in [0.15, 0.2) is 71.3 Å². The SMILES string of the molecule is Cc1nc2cc(-c3cc(-c4ccccc4)ccn3)ccc2o1. The van der Waals surface area contributed by atoms with Gasteiger partial charge < -0.3 is 4.42 Å². The standard InChI is InChI=1S/C19H14N2O/c1-13-21-18-12-16(7-8-19(18)22-13)17-11-15(9-10-20-17)14-5-3-2-4-6-14/h2-12H,1H3. The van der Waals surface area contributed by atoms with Gasteiger partial charge in [-0.15, -0.1) is 0 Å². The lowest BCUT2D eigenvalue weighted by Gasteiger charge is -2.05. The first-order valence-electron chi connectivity index (χ1n) is 7.19. The maximum Gasteiger partial charge on any atom is 0.192 e. The molecule has 0 saturated carbocycles. The van der Waals surface area contributed by atoms with Crippen LogP contribution in [0.4, 0.5) is 0 Å². The van der Waals surface area contributed by atoms with Gasteiger partial charge in [-0.1, -0.05) is 30.3 Å². The summed E-state index contributed by atoms with van der Waals surface area (Å²) in [7, 11) is 0. The highest BCUT2D eigenvalue weighted by molar-refractivity contribution is 5.80. The lowest BCUT2D eigenvalue weighted by molar-refractivity contribution is 0.561. The third-order valence-corrected chi connectivity index (χ3v) is 3.66. The van der Waals surface area contributed by atoms with Crippen LogP contribution in [-0.4, -0.2) is 9.97 Å². The number of pyridine rings is 1. The molecule has 2 aromatic heterocycles. The van der Waals surface area contributed by atoms with E-state index in [0.29, 0.717) is 5.89 Å². The van der Waals surface area contributed by atoms with E-state index in [2.05, 4.69) is 28.2 Å². The number of fused-ring (bicyclic) bond motifs is 1. The third-order valence-electron chi connectivity index (χ3n) is 3.66. The van der Waals surface area contributed by atoms with Gasteiger partial charge in [-0.2, -0.15) is 0 Å². The zero-order valence-electron chi connectivity index (χ0n) is 12.2. The van der Waals surface area contributed by atoms with Crippen molar-refractivity contribution < 1.29 is 4.42 Å². The maximum atomic E-state index is 5.52. The summed E-state index contributed by atoms with van der Waals surface area (Å²) in [6.45, 7) is 1.86. The largest absolute Gasteiger partial charge is 0.441 e. The summed E-state index contributed by atoms with van der Waals surface area (Å²) in [5.74, 6) is 0.679. The van der Waals surface area contributed by atoms with Gasteiger partial charge in [0.05, 0.1) is 5.69 Å². The normalized spacial score (nSPS) is 11.0. The van der Waals surface area contributed by atoms with Crippen molar-refractivity contribution in [1.82, 2.24) is 9.97 Å². The summed E-state index contributed by atoms with van der Waals surface area (Å²) in [6.07, 6.45) is 1.84. The van der Waals surface area contributed by atoms with Crippen LogP contribution in [0, 0.1) is 6.92 Å². The summed E-state index contributed by atoms with van der Waals surface area (Å²) in [5, 5.41) is 0. The molecule has 4 aromatic rings. The zero-order valence-corrected chi connectivity index (χ0v) is 12.2. The van der Waals surface area contributed by atoms with E-state index in [9.17, 15) is 0 Å². The van der Waals surface area contributed by atoms with Gasteiger partial charge >= 0.3 is 0 Å². The number of benzene rings is 2. The monoisotopic (exact) mass is 286 g/mol. The van der Waals surface area contributed by atoms with Crippen LogP contribution in [0.3, 0.4) is 0 Å². The van der Waals surface area contributed by atoms with Gasteiger partial charge in [-0.25, -0.2) is 4.98 Å². The van der Waals surface area contributed by atoms with Crippen LogP contribution in [0.1, 0.15) is 5.89 Å². The van der Waals surface area contributed by atoms with Gasteiger partial charge in [0.1, 0.15) is 5.52 Å². The molecule has 0 unspecified atom stereocenters. The van der Waals surface area contributed by atoms with Crippen LogP contribution in [0.5, 0.6) is 0 Å². The second kappa shape index (κ2) is 5.11. The molecule has 106 valence electrons. The van der Waals surface area contributed by atoms with Crippen molar-refractivity contribution in [2.24, 2.45) is 0 Å². The van der Waals surface area contributed by atoms with Crippen molar-refractivity contribution in [3.63, 3.8) is 0 Å². The number of rotatable bonds is 2. The minimum absolute atomic E-state index is 0.679. The van der Waals surface area contributed by atoms with E-state index in [1.54, 1.807) is 0 Å². The predicted molar refractivity (Wildman–Crippen MR) is 87.4 cm³/mol. The maximum absolute atomic E-state index is 5.52. The van der Waals surface area contributed by atoms with Gasteiger partial charge in [0.25, 0.3) is 0 Å². The quantitative estimate of drug-likeness (QED) is 0.528. The van der Waals surface area contributed by atoms with Crippen molar-refractivity contribution >= 4 is 11.1 Å². The van der Waals surface area contributed by atoms with Gasteiger partial charge in [-0.3, -0.25) is 4.98 Å². The first-order chi connectivity index (χ1) is 10.8. The van der Waals surface area contributed by atoms with E-state index in [-0.39, 0.29) is 0 Å². The molecule has 0 fully saturated rings. The molecule has 3 nitrogen and oxygen atoms in total. The van der Waals surface area contributed by atoms with Crippen LogP contribution in [0.2, 0.25) is 0 Å². The van der Waals surface area contributed by atoms with Crippen molar-refractivity contribution in [3.8, 4) is 22.4 Å². The molecule has 0 bridgehead atoms. The number of nitrogens with zero attached hydrogens (tertiary/aromatic N) is 2. The fourth-order valence-electron chi connectivity index (χ4n) is 2.60. The number of aromatic nitrogens is 2. The molecule has 0 radical (unpaired) electrons. The number of aryl methyl sites for hydroxylation is 1. The Morgan fingerprint density at radius 1 is 0.818 bits per heavy atom. The molecule has 0 atom stereocenters. The van der Waals surface area contributed by atoms with E-state index in [1.165, 1.54) is 5.56 Å². The van der Waals surface area contributed by atoms with Crippen molar-refractivity contribution in [2.45, 2.75) is 6.92 Å². The summed E-state index contributed by atoms with van der Waals surface area (Å²) in [5.41, 5.74) is 5.98. The topological polar surface area (TPSA) is 38.9 Å². The summed E-state index contributed by atoms with van der Waals surface area (Å²) < 4.78 is 5.52. The second-order valence-electron chi connectivity index (χ2n) is 5.21. The Balaban J connectivity index is 1.81. The smallest absolute Gasteiger partial charge is 0.192 e. The molecule has 2 aromatic carbocycles. The third kappa shape index (κ3) is 2.27. The predicted octanol–water partition coefficient (Wildman–Crippen LogP) is 4.87. The van der Waals surface area contributed by atoms with Crippen LogP contribution < -0.4 is 0 Å². The fourth-order valence-corrected chi connectivity index (χ4v) is 2.60. The van der Waals surface area contributed by atoms with E-state index in [4.69, 9.17) is 4.42 Å². The van der Waals surface area contributed by atoms with E-state index < -0.39 is 0 Å². The molecular formula is C19H14N2O. The average molecular weight is 286 g/mol. The molecule has 0 N–H and O–H groups in total. The molecule has 2 heterocycles. The lowest BCUT2D eigenvalue weighted by Crippen LogP contribution is -1.85. The van der Waals surface area contributed by atoms with Crippen molar-refractivity contribution in [3.05, 3.63) is 72.8 Å². The summed E-state index contributed by atoms with van der Waals surface area (Å²) >= 11 is 0. The van der Waals surface area contributed by atoms with Gasteiger partial charge in [0.2, 0.25) is 0 Å². The lowest BCUT2D eigenvalue weighted by atomic mass is 10.0. The molecule has 0 amide bonds. The van der Waals surface area contributed by atoms with Gasteiger partial charge in [-0.05, 0) is 41.5 Å². The highest BCUT2D eigenvalue weighted by Crippen LogP contribution is 2.27. The summed E-state index contributed by atoms with van der Waals surface area (Å²) in [4.78, 5) is 8.88. The highest BCUT2D eigenvalue weighted by atomic mass is 16.3. The fraction of sp³-hybridized carbons (Fsp3) is 0.0526. The average Bonchev–Trinajstić information content (AvgIpc) is 2.95. The number of hydrogen-bond acceptors (Lipinski definition) is 3. The molecule has 3 heteroatoms. The van der Waals surface area contributed by atoms with E-state index in [1.807, 2.05) is 55.6 Å². The Bertz CT molecular complexity index is 942. The Morgan fingerprint density at radius 2 is 1.68 bits per heavy atom. The van der Waals surface area contributed by atoms with Crippen LogP contribution >= 0.6 is 0 Å². The molecule has 0 aliphatic heterocycles. The Hall–Kier alpha value is -2.94. The Labute approximate surface area is 128 Å². The summed E-state index contributed by atoms with van der Waals surface area (Å²) in [6, 6.07) is 20.4. The second-order valence-corrected chi connectivity index (χ2v) is 5.21. The molecule has 0 aliphatic rings. The van der Waals surface area contributed by atoms with Gasteiger partial charge in [0, 0.05) is 18.7 Å². The first-order valence-corrected chi connectivity index (χ1v) is 7.19. The minimum atomic E-state index is 0.679. The van der Waals surface area contributed by atoms with Gasteiger partial charge in [0.15, 0.2) is 11.5 Å². The molecule has 0 saturated heterocycles. The molecule has 0 aliphatic carbocycles. The van der Waals surface area contributed by atoms with Crippen molar-refractivity contribution in [1.29, 1.82) is 0 Å².